The monoisotopic (exact) mass is 278 g/mol. The van der Waals surface area contributed by atoms with Crippen molar-refractivity contribution in [2.45, 2.75) is 13.0 Å². The quantitative estimate of drug-likeness (QED) is 0.559. The van der Waals surface area contributed by atoms with E-state index in [9.17, 15) is 14.4 Å². The molecule has 0 spiro atoms. The first kappa shape index (κ1) is 15.6. The molecule has 0 radical (unpaired) electrons. The fraction of sp³-hybridized carbons (Fsp3) is 0.308. The van der Waals surface area contributed by atoms with Gasteiger partial charge in [0, 0.05) is 6.54 Å². The third-order valence-corrected chi connectivity index (χ3v) is 2.73. The molecular formula is C13H18N4O3. The Labute approximate surface area is 116 Å². The predicted molar refractivity (Wildman–Crippen MR) is 73.0 cm³/mol. The molecule has 3 amide bonds. The normalized spacial score (nSPS) is 10.1. The molecule has 0 bridgehead atoms. The van der Waals surface area contributed by atoms with E-state index in [0.717, 1.165) is 16.0 Å². The maximum absolute atomic E-state index is 12.1. The second kappa shape index (κ2) is 7.25. The number of carbonyl (C=O) groups is 3. The summed E-state index contributed by atoms with van der Waals surface area (Å²) in [7, 11) is 0. The number of primary amides is 2. The van der Waals surface area contributed by atoms with Gasteiger partial charge in [-0.05, 0) is 11.1 Å². The molecule has 0 unspecified atom stereocenters. The fourth-order valence-corrected chi connectivity index (χ4v) is 1.81. The Bertz CT molecular complexity index is 500. The van der Waals surface area contributed by atoms with E-state index in [0.29, 0.717) is 6.54 Å². The largest absolute Gasteiger partial charge is 0.368 e. The minimum atomic E-state index is -0.702. The summed E-state index contributed by atoms with van der Waals surface area (Å²) in [5.41, 5.74) is 17.3. The van der Waals surface area contributed by atoms with Crippen molar-refractivity contribution >= 4 is 17.7 Å². The summed E-state index contributed by atoms with van der Waals surface area (Å²) in [4.78, 5) is 35.0. The Balaban J connectivity index is 2.84. The first-order valence-electron chi connectivity index (χ1n) is 6.05. The van der Waals surface area contributed by atoms with Gasteiger partial charge in [-0.3, -0.25) is 14.4 Å². The summed E-state index contributed by atoms with van der Waals surface area (Å²) in [5.74, 6) is -1.80. The van der Waals surface area contributed by atoms with Crippen LogP contribution in [0.2, 0.25) is 0 Å². The van der Waals surface area contributed by atoms with Crippen molar-refractivity contribution in [2.24, 2.45) is 17.2 Å². The molecule has 0 saturated heterocycles. The first-order valence-corrected chi connectivity index (χ1v) is 6.05. The minimum Gasteiger partial charge on any atom is -0.368 e. The summed E-state index contributed by atoms with van der Waals surface area (Å²) < 4.78 is 0. The molecule has 0 fully saturated rings. The average Bonchev–Trinajstić information content (AvgIpc) is 2.37. The van der Waals surface area contributed by atoms with Crippen LogP contribution in [0, 0.1) is 0 Å². The van der Waals surface area contributed by atoms with Gasteiger partial charge in [0.25, 0.3) is 0 Å². The third-order valence-electron chi connectivity index (χ3n) is 2.73. The van der Waals surface area contributed by atoms with Gasteiger partial charge in [0.15, 0.2) is 0 Å². The van der Waals surface area contributed by atoms with Crippen LogP contribution in [0.15, 0.2) is 24.3 Å². The highest BCUT2D eigenvalue weighted by molar-refractivity contribution is 5.89. The maximum Gasteiger partial charge on any atom is 0.237 e. The molecule has 1 rings (SSSR count). The van der Waals surface area contributed by atoms with E-state index in [1.807, 2.05) is 12.1 Å². The van der Waals surface area contributed by atoms with Crippen molar-refractivity contribution in [1.82, 2.24) is 4.90 Å². The van der Waals surface area contributed by atoms with Gasteiger partial charge >= 0.3 is 0 Å². The Kier molecular flexibility index (Phi) is 5.67. The van der Waals surface area contributed by atoms with E-state index in [4.69, 9.17) is 17.2 Å². The number of hydrogen-bond acceptors (Lipinski definition) is 4. The SMILES string of the molecule is NCc1ccccc1CC(=O)N(CC(N)=O)CC(N)=O. The molecule has 7 nitrogen and oxygen atoms in total. The van der Waals surface area contributed by atoms with Gasteiger partial charge in [-0.15, -0.1) is 0 Å². The van der Waals surface area contributed by atoms with Gasteiger partial charge in [-0.1, -0.05) is 24.3 Å². The van der Waals surface area contributed by atoms with Crippen LogP contribution in [-0.2, 0) is 27.3 Å². The van der Waals surface area contributed by atoms with Crippen molar-refractivity contribution in [3.63, 3.8) is 0 Å². The molecule has 0 aliphatic rings. The average molecular weight is 278 g/mol. The van der Waals surface area contributed by atoms with Crippen LogP contribution in [0.1, 0.15) is 11.1 Å². The molecule has 0 atom stereocenters. The smallest absolute Gasteiger partial charge is 0.237 e. The molecule has 7 heteroatoms. The summed E-state index contributed by atoms with van der Waals surface area (Å²) in [6.45, 7) is -0.381. The number of nitrogens with two attached hydrogens (primary N) is 3. The maximum atomic E-state index is 12.1. The van der Waals surface area contributed by atoms with E-state index >= 15 is 0 Å². The first-order chi connectivity index (χ1) is 9.43. The molecule has 1 aromatic carbocycles. The zero-order chi connectivity index (χ0) is 15.1. The Morgan fingerprint density at radius 2 is 1.45 bits per heavy atom. The second-order valence-electron chi connectivity index (χ2n) is 4.33. The molecular weight excluding hydrogens is 260 g/mol. The van der Waals surface area contributed by atoms with Crippen molar-refractivity contribution in [1.29, 1.82) is 0 Å². The van der Waals surface area contributed by atoms with Crippen molar-refractivity contribution in [3.8, 4) is 0 Å². The van der Waals surface area contributed by atoms with Gasteiger partial charge in [0.05, 0.1) is 19.5 Å². The molecule has 0 saturated carbocycles. The fourth-order valence-electron chi connectivity index (χ4n) is 1.81. The summed E-state index contributed by atoms with van der Waals surface area (Å²) >= 11 is 0. The van der Waals surface area contributed by atoms with Crippen LogP contribution >= 0.6 is 0 Å². The van der Waals surface area contributed by atoms with Crippen molar-refractivity contribution < 1.29 is 14.4 Å². The molecule has 20 heavy (non-hydrogen) atoms. The lowest BCUT2D eigenvalue weighted by Crippen LogP contribution is -2.44. The van der Waals surface area contributed by atoms with Crippen LogP contribution in [0.3, 0.4) is 0 Å². The van der Waals surface area contributed by atoms with Crippen LogP contribution in [0.4, 0.5) is 0 Å². The van der Waals surface area contributed by atoms with Gasteiger partial charge < -0.3 is 22.1 Å². The van der Waals surface area contributed by atoms with E-state index < -0.39 is 17.7 Å². The van der Waals surface area contributed by atoms with Crippen LogP contribution in [0.5, 0.6) is 0 Å². The molecule has 0 aromatic heterocycles. The van der Waals surface area contributed by atoms with Crippen LogP contribution in [-0.4, -0.2) is 35.7 Å². The molecule has 0 heterocycles. The summed E-state index contributed by atoms with van der Waals surface area (Å²) in [5, 5.41) is 0. The third kappa shape index (κ3) is 4.69. The lowest BCUT2D eigenvalue weighted by atomic mass is 10.0. The predicted octanol–water partition coefficient (Wildman–Crippen LogP) is -1.51. The van der Waals surface area contributed by atoms with Crippen LogP contribution in [0.25, 0.3) is 0 Å². The Hall–Kier alpha value is -2.41. The van der Waals surface area contributed by atoms with E-state index in [2.05, 4.69) is 0 Å². The lowest BCUT2D eigenvalue weighted by molar-refractivity contribution is -0.137. The van der Waals surface area contributed by atoms with E-state index in [1.54, 1.807) is 12.1 Å². The number of carbonyl (C=O) groups excluding carboxylic acids is 3. The standard InChI is InChI=1S/C13H18N4O3/c14-6-10-4-2-1-3-9(10)5-13(20)17(7-11(15)18)8-12(16)19/h1-4H,5-8,14H2,(H2,15,18)(H2,16,19). The zero-order valence-electron chi connectivity index (χ0n) is 11.0. The molecule has 0 aliphatic carbocycles. The van der Waals surface area contributed by atoms with Gasteiger partial charge in [0.2, 0.25) is 17.7 Å². The molecule has 0 aliphatic heterocycles. The highest BCUT2D eigenvalue weighted by Gasteiger charge is 2.19. The number of rotatable bonds is 7. The van der Waals surface area contributed by atoms with E-state index in [1.165, 1.54) is 0 Å². The number of hydrogen-bond donors (Lipinski definition) is 3. The van der Waals surface area contributed by atoms with Crippen LogP contribution < -0.4 is 17.2 Å². The molecule has 1 aromatic rings. The minimum absolute atomic E-state index is 0.0356. The Morgan fingerprint density at radius 3 is 1.90 bits per heavy atom. The Morgan fingerprint density at radius 1 is 0.950 bits per heavy atom. The van der Waals surface area contributed by atoms with Gasteiger partial charge in [-0.25, -0.2) is 0 Å². The topological polar surface area (TPSA) is 133 Å². The molecule has 108 valence electrons. The number of benzene rings is 1. The van der Waals surface area contributed by atoms with Crippen molar-refractivity contribution in [2.75, 3.05) is 13.1 Å². The summed E-state index contributed by atoms with van der Waals surface area (Å²) in [6.07, 6.45) is 0.0356. The zero-order valence-corrected chi connectivity index (χ0v) is 11.0. The highest BCUT2D eigenvalue weighted by atomic mass is 16.2. The second-order valence-corrected chi connectivity index (χ2v) is 4.33. The van der Waals surface area contributed by atoms with Gasteiger partial charge in [0.1, 0.15) is 0 Å². The van der Waals surface area contributed by atoms with Gasteiger partial charge in [-0.2, -0.15) is 0 Å². The number of amides is 3. The lowest BCUT2D eigenvalue weighted by Gasteiger charge is -2.20. The molecule has 6 N–H and O–H groups in total. The van der Waals surface area contributed by atoms with Crippen molar-refractivity contribution in [3.05, 3.63) is 35.4 Å². The summed E-state index contributed by atoms with van der Waals surface area (Å²) in [6, 6.07) is 7.19. The van der Waals surface area contributed by atoms with E-state index in [-0.39, 0.29) is 19.5 Å². The number of nitrogens with zero attached hydrogens (tertiary/aromatic N) is 1. The highest BCUT2D eigenvalue weighted by Crippen LogP contribution is 2.10.